The molecule has 7 heteroatoms. The molecule has 0 aromatic carbocycles. The number of rotatable bonds is 12. The van der Waals surface area contributed by atoms with Crippen LogP contribution in [-0.4, -0.2) is 55.8 Å². The first-order chi connectivity index (χ1) is 9.54. The molecule has 0 atom stereocenters. The summed E-state index contributed by atoms with van der Waals surface area (Å²) in [5, 5.41) is 0. The number of ketones is 2. The van der Waals surface area contributed by atoms with Gasteiger partial charge in [-0.2, -0.15) is 12.6 Å². The van der Waals surface area contributed by atoms with Crippen LogP contribution in [0.4, 0.5) is 0 Å². The molecule has 0 saturated heterocycles. The van der Waals surface area contributed by atoms with Crippen molar-refractivity contribution in [1.29, 1.82) is 0 Å². The van der Waals surface area contributed by atoms with Gasteiger partial charge in [0.15, 0.2) is 11.6 Å². The maximum atomic E-state index is 10.4. The summed E-state index contributed by atoms with van der Waals surface area (Å²) in [4.78, 5) is 20.7. The lowest BCUT2D eigenvalue weighted by atomic mass is 10.5. The van der Waals surface area contributed by atoms with Crippen LogP contribution in [0.2, 0.25) is 0 Å². The maximum Gasteiger partial charge on any atom is 0.155 e. The normalized spacial score (nSPS) is 9.80. The number of ether oxygens (including phenoxy) is 2. The molecule has 0 spiro atoms. The minimum atomic E-state index is 0.0779. The quantitative estimate of drug-likeness (QED) is 0.334. The van der Waals surface area contributed by atoms with Gasteiger partial charge in [0.1, 0.15) is 13.2 Å². The van der Waals surface area contributed by atoms with Gasteiger partial charge in [-0.1, -0.05) is 21.6 Å². The molecule has 0 aromatic rings. The molecular weight excluding hydrogens is 316 g/mol. The second-order valence-electron chi connectivity index (χ2n) is 3.93. The van der Waals surface area contributed by atoms with E-state index in [-0.39, 0.29) is 24.8 Å². The minimum absolute atomic E-state index is 0.0779. The second-order valence-corrected chi connectivity index (χ2v) is 7.06. The standard InChI is InChI=1S/C7H14O2S2.C6H12O2S/c1-7(8)6-9-4-3-5-11-10-2;1-6(7)5-8-3-2-4-9/h3-6H2,1-2H3;9H,2-5H2,1H3. The molecule has 0 aliphatic rings. The molecular formula is C13H26O4S3. The van der Waals surface area contributed by atoms with Crippen LogP contribution in [0.1, 0.15) is 26.7 Å². The first kappa shape index (κ1) is 22.6. The number of carbonyl (C=O) groups excluding carboxylic acids is 2. The molecule has 0 aliphatic heterocycles. The summed E-state index contributed by atoms with van der Waals surface area (Å²) in [6.07, 6.45) is 4.00. The fourth-order valence-electron chi connectivity index (χ4n) is 0.902. The highest BCUT2D eigenvalue weighted by Gasteiger charge is 1.92. The summed E-state index contributed by atoms with van der Waals surface area (Å²) in [6.45, 7) is 4.91. The van der Waals surface area contributed by atoms with E-state index >= 15 is 0 Å². The minimum Gasteiger partial charge on any atom is -0.374 e. The highest BCUT2D eigenvalue weighted by Crippen LogP contribution is 2.16. The SMILES string of the molecule is CC(=O)COCCCS.CSSCCCOCC(C)=O. The summed E-state index contributed by atoms with van der Waals surface area (Å²) >= 11 is 3.98. The lowest BCUT2D eigenvalue weighted by molar-refractivity contribution is -0.122. The lowest BCUT2D eigenvalue weighted by Crippen LogP contribution is -2.05. The van der Waals surface area contributed by atoms with Gasteiger partial charge in [0.25, 0.3) is 0 Å². The number of hydrogen-bond acceptors (Lipinski definition) is 7. The molecule has 0 fully saturated rings. The predicted octanol–water partition coefficient (Wildman–Crippen LogP) is 2.91. The van der Waals surface area contributed by atoms with Gasteiger partial charge < -0.3 is 9.47 Å². The van der Waals surface area contributed by atoms with E-state index in [1.807, 2.05) is 10.8 Å². The Kier molecular flexibility index (Phi) is 21.8. The van der Waals surface area contributed by atoms with E-state index in [9.17, 15) is 9.59 Å². The van der Waals surface area contributed by atoms with Crippen molar-refractivity contribution in [2.75, 3.05) is 44.2 Å². The maximum absolute atomic E-state index is 10.4. The molecule has 0 unspecified atom stereocenters. The van der Waals surface area contributed by atoms with Gasteiger partial charge in [-0.15, -0.1) is 0 Å². The van der Waals surface area contributed by atoms with E-state index in [2.05, 4.69) is 18.9 Å². The summed E-state index contributed by atoms with van der Waals surface area (Å²) in [5.41, 5.74) is 0. The third-order valence-electron chi connectivity index (χ3n) is 1.69. The summed E-state index contributed by atoms with van der Waals surface area (Å²) in [5.74, 6) is 2.09. The molecule has 4 nitrogen and oxygen atoms in total. The highest BCUT2D eigenvalue weighted by molar-refractivity contribution is 8.76. The molecule has 0 radical (unpaired) electrons. The second kappa shape index (κ2) is 19.3. The molecule has 0 rings (SSSR count). The molecule has 0 aromatic heterocycles. The predicted molar refractivity (Wildman–Crippen MR) is 92.1 cm³/mol. The number of hydrogen-bond donors (Lipinski definition) is 1. The van der Waals surface area contributed by atoms with Gasteiger partial charge in [-0.3, -0.25) is 9.59 Å². The summed E-state index contributed by atoms with van der Waals surface area (Å²) in [7, 11) is 3.58. The third kappa shape index (κ3) is 26.8. The Hall–Kier alpha value is 0.310. The van der Waals surface area contributed by atoms with Crippen LogP contribution in [0.3, 0.4) is 0 Å². The Bertz CT molecular complexity index is 238. The molecule has 0 saturated carbocycles. The largest absolute Gasteiger partial charge is 0.374 e. The van der Waals surface area contributed by atoms with Crippen LogP contribution >= 0.6 is 34.2 Å². The Labute approximate surface area is 135 Å². The van der Waals surface area contributed by atoms with E-state index in [0.29, 0.717) is 13.2 Å². The number of carbonyl (C=O) groups is 2. The van der Waals surface area contributed by atoms with Crippen LogP contribution in [-0.2, 0) is 19.1 Å². The third-order valence-corrected chi connectivity index (χ3v) is 3.91. The zero-order valence-electron chi connectivity index (χ0n) is 12.6. The Morgan fingerprint density at radius 2 is 1.50 bits per heavy atom. The van der Waals surface area contributed by atoms with E-state index in [0.717, 1.165) is 24.3 Å². The zero-order chi connectivity index (χ0) is 15.6. The zero-order valence-corrected chi connectivity index (χ0v) is 15.1. The van der Waals surface area contributed by atoms with Crippen molar-refractivity contribution < 1.29 is 19.1 Å². The van der Waals surface area contributed by atoms with E-state index < -0.39 is 0 Å². The Morgan fingerprint density at radius 1 is 1.00 bits per heavy atom. The van der Waals surface area contributed by atoms with E-state index in [4.69, 9.17) is 9.47 Å². The van der Waals surface area contributed by atoms with Gasteiger partial charge in [0.05, 0.1) is 0 Å². The average Bonchev–Trinajstić information content (AvgIpc) is 2.39. The van der Waals surface area contributed by atoms with E-state index in [1.165, 1.54) is 13.8 Å². The molecule has 0 heterocycles. The number of thiol groups is 1. The van der Waals surface area contributed by atoms with Crippen LogP contribution in [0.5, 0.6) is 0 Å². The van der Waals surface area contributed by atoms with E-state index in [1.54, 1.807) is 10.8 Å². The first-order valence-electron chi connectivity index (χ1n) is 6.45. The van der Waals surface area contributed by atoms with Gasteiger partial charge in [0, 0.05) is 19.0 Å². The van der Waals surface area contributed by atoms with Crippen LogP contribution in [0, 0.1) is 0 Å². The van der Waals surface area contributed by atoms with Gasteiger partial charge in [-0.25, -0.2) is 0 Å². The average molecular weight is 343 g/mol. The first-order valence-corrected chi connectivity index (χ1v) is 9.81. The van der Waals surface area contributed by atoms with Gasteiger partial charge in [-0.05, 0) is 38.7 Å². The molecule has 20 heavy (non-hydrogen) atoms. The smallest absolute Gasteiger partial charge is 0.155 e. The number of Topliss-reactive ketones (excluding diaryl/α,β-unsaturated/α-hetero) is 2. The summed E-state index contributed by atoms with van der Waals surface area (Å²) < 4.78 is 10.0. The van der Waals surface area contributed by atoms with Crippen molar-refractivity contribution in [3.63, 3.8) is 0 Å². The van der Waals surface area contributed by atoms with Crippen molar-refractivity contribution in [2.24, 2.45) is 0 Å². The fraction of sp³-hybridized carbons (Fsp3) is 0.846. The lowest BCUT2D eigenvalue weighted by Gasteiger charge is -1.99. The molecule has 0 aliphatic carbocycles. The highest BCUT2D eigenvalue weighted by atomic mass is 33.1. The van der Waals surface area contributed by atoms with Crippen LogP contribution < -0.4 is 0 Å². The Morgan fingerprint density at radius 3 is 1.90 bits per heavy atom. The van der Waals surface area contributed by atoms with Crippen molar-refractivity contribution in [3.05, 3.63) is 0 Å². The van der Waals surface area contributed by atoms with Crippen molar-refractivity contribution in [3.8, 4) is 0 Å². The molecule has 120 valence electrons. The Balaban J connectivity index is 0. The van der Waals surface area contributed by atoms with Gasteiger partial charge in [0.2, 0.25) is 0 Å². The van der Waals surface area contributed by atoms with Crippen molar-refractivity contribution in [2.45, 2.75) is 26.7 Å². The summed E-state index contributed by atoms with van der Waals surface area (Å²) in [6, 6.07) is 0. The van der Waals surface area contributed by atoms with Gasteiger partial charge >= 0.3 is 0 Å². The topological polar surface area (TPSA) is 52.6 Å². The molecule has 0 amide bonds. The fourth-order valence-corrected chi connectivity index (χ4v) is 2.29. The van der Waals surface area contributed by atoms with Crippen LogP contribution in [0.25, 0.3) is 0 Å². The van der Waals surface area contributed by atoms with Crippen molar-refractivity contribution >= 4 is 45.8 Å². The molecule has 0 bridgehead atoms. The monoisotopic (exact) mass is 342 g/mol. The van der Waals surface area contributed by atoms with Crippen molar-refractivity contribution in [1.82, 2.24) is 0 Å². The van der Waals surface area contributed by atoms with Crippen LogP contribution in [0.15, 0.2) is 0 Å². The molecule has 0 N–H and O–H groups in total.